The summed E-state index contributed by atoms with van der Waals surface area (Å²) in [6, 6.07) is 3.73. The van der Waals surface area contributed by atoms with Crippen LogP contribution in [0.15, 0.2) is 26.2 Å². The Hall–Kier alpha value is -1.48. The van der Waals surface area contributed by atoms with Crippen LogP contribution in [0.5, 0.6) is 5.75 Å². The van der Waals surface area contributed by atoms with Gasteiger partial charge in [-0.3, -0.25) is 0 Å². The van der Waals surface area contributed by atoms with E-state index in [-0.39, 0.29) is 5.95 Å². The highest BCUT2D eigenvalue weighted by Gasteiger charge is 2.08. The summed E-state index contributed by atoms with van der Waals surface area (Å²) < 4.78 is 6.98. The summed E-state index contributed by atoms with van der Waals surface area (Å²) in [7, 11) is 1.58. The van der Waals surface area contributed by atoms with Crippen LogP contribution in [0.3, 0.4) is 0 Å². The fourth-order valence-electron chi connectivity index (χ4n) is 1.28. The summed E-state index contributed by atoms with van der Waals surface area (Å²) in [5.74, 6) is 0.771. The molecule has 94 valence electrons. The Morgan fingerprint density at radius 1 is 1.44 bits per heavy atom. The number of nitrogen functional groups attached to an aromatic ring is 1. The Labute approximate surface area is 119 Å². The van der Waals surface area contributed by atoms with Crippen LogP contribution in [-0.4, -0.2) is 33.6 Å². The van der Waals surface area contributed by atoms with Crippen molar-refractivity contribution in [2.75, 3.05) is 12.8 Å². The van der Waals surface area contributed by atoms with Gasteiger partial charge in [0.2, 0.25) is 0 Å². The van der Waals surface area contributed by atoms with Gasteiger partial charge in [0.25, 0.3) is 5.95 Å². The molecule has 0 fully saturated rings. The van der Waals surface area contributed by atoms with Gasteiger partial charge in [0.15, 0.2) is 0 Å². The highest BCUT2D eigenvalue weighted by molar-refractivity contribution is 9.11. The molecular formula is C9H8Br2N6O. The quantitative estimate of drug-likeness (QED) is 0.824. The smallest absolute Gasteiger partial charge is 0.263 e. The average molecular weight is 376 g/mol. The first-order valence-corrected chi connectivity index (χ1v) is 6.31. The molecule has 2 rings (SSSR count). The lowest BCUT2D eigenvalue weighted by Crippen LogP contribution is -2.00. The van der Waals surface area contributed by atoms with Crippen LogP contribution in [-0.2, 0) is 0 Å². The average Bonchev–Trinajstić information content (AvgIpc) is 2.71. The van der Waals surface area contributed by atoms with Gasteiger partial charge in [-0.05, 0) is 38.5 Å². The molecule has 0 bridgehead atoms. The Balaban J connectivity index is 2.40. The zero-order valence-corrected chi connectivity index (χ0v) is 12.4. The van der Waals surface area contributed by atoms with E-state index in [2.05, 4.69) is 52.5 Å². The first-order chi connectivity index (χ1) is 8.61. The van der Waals surface area contributed by atoms with Gasteiger partial charge in [0.1, 0.15) is 5.75 Å². The molecule has 7 nitrogen and oxygen atoms in total. The van der Waals surface area contributed by atoms with Crippen molar-refractivity contribution < 1.29 is 4.74 Å². The zero-order valence-electron chi connectivity index (χ0n) is 9.21. The number of rotatable bonds is 3. The van der Waals surface area contributed by atoms with E-state index in [4.69, 9.17) is 10.5 Å². The molecule has 0 atom stereocenters. The number of nitrogens with zero attached hydrogens (tertiary/aromatic N) is 5. The van der Waals surface area contributed by atoms with Crippen LogP contribution in [0.4, 0.5) is 5.95 Å². The second-order valence-electron chi connectivity index (χ2n) is 3.18. The van der Waals surface area contributed by atoms with Crippen molar-refractivity contribution in [1.29, 1.82) is 0 Å². The van der Waals surface area contributed by atoms with Crippen LogP contribution in [0.25, 0.3) is 0 Å². The van der Waals surface area contributed by atoms with Crippen molar-refractivity contribution in [2.45, 2.75) is 0 Å². The SMILES string of the molecule is COc1c(Br)cc(Br)cc1/C=N/n1nnnc1N. The van der Waals surface area contributed by atoms with Gasteiger partial charge in [0, 0.05) is 10.0 Å². The predicted octanol–water partition coefficient (Wildman–Crippen LogP) is 1.67. The third-order valence-electron chi connectivity index (χ3n) is 2.02. The van der Waals surface area contributed by atoms with Gasteiger partial charge in [0.05, 0.1) is 17.8 Å². The number of methoxy groups -OCH3 is 1. The lowest BCUT2D eigenvalue weighted by atomic mass is 10.2. The largest absolute Gasteiger partial charge is 0.495 e. The van der Waals surface area contributed by atoms with Crippen molar-refractivity contribution in [1.82, 2.24) is 20.3 Å². The minimum Gasteiger partial charge on any atom is -0.495 e. The van der Waals surface area contributed by atoms with Crippen molar-refractivity contribution >= 4 is 44.0 Å². The molecule has 1 aromatic carbocycles. The van der Waals surface area contributed by atoms with E-state index in [1.54, 1.807) is 13.3 Å². The molecule has 9 heteroatoms. The number of benzene rings is 1. The molecule has 0 spiro atoms. The lowest BCUT2D eigenvalue weighted by Gasteiger charge is -2.07. The van der Waals surface area contributed by atoms with E-state index in [9.17, 15) is 0 Å². The lowest BCUT2D eigenvalue weighted by molar-refractivity contribution is 0.411. The second kappa shape index (κ2) is 5.44. The molecule has 0 saturated carbocycles. The normalized spacial score (nSPS) is 11.1. The fourth-order valence-corrected chi connectivity index (χ4v) is 2.70. The summed E-state index contributed by atoms with van der Waals surface area (Å²) in [4.78, 5) is 1.12. The molecule has 0 aliphatic carbocycles. The van der Waals surface area contributed by atoms with Gasteiger partial charge in [-0.1, -0.05) is 25.8 Å². The monoisotopic (exact) mass is 374 g/mol. The van der Waals surface area contributed by atoms with E-state index in [0.29, 0.717) is 5.75 Å². The molecule has 0 radical (unpaired) electrons. The van der Waals surface area contributed by atoms with Crippen LogP contribution < -0.4 is 10.5 Å². The number of nitrogens with two attached hydrogens (primary N) is 1. The second-order valence-corrected chi connectivity index (χ2v) is 4.95. The molecule has 18 heavy (non-hydrogen) atoms. The third-order valence-corrected chi connectivity index (χ3v) is 3.07. The Kier molecular flexibility index (Phi) is 3.92. The number of hydrogen-bond acceptors (Lipinski definition) is 6. The minimum atomic E-state index is 0.110. The van der Waals surface area contributed by atoms with Crippen molar-refractivity contribution in [3.8, 4) is 5.75 Å². The molecule has 0 saturated heterocycles. The number of anilines is 1. The van der Waals surface area contributed by atoms with Gasteiger partial charge >= 0.3 is 0 Å². The number of tetrazole rings is 1. The Bertz CT molecular complexity index is 597. The number of aromatic nitrogens is 4. The molecule has 1 heterocycles. The van der Waals surface area contributed by atoms with Gasteiger partial charge < -0.3 is 10.5 Å². The fraction of sp³-hybridized carbons (Fsp3) is 0.111. The highest BCUT2D eigenvalue weighted by Crippen LogP contribution is 2.31. The summed E-state index contributed by atoms with van der Waals surface area (Å²) >= 11 is 6.79. The van der Waals surface area contributed by atoms with E-state index in [1.807, 2.05) is 12.1 Å². The molecule has 0 aliphatic rings. The number of ether oxygens (including phenoxy) is 1. The molecule has 1 aromatic heterocycles. The highest BCUT2D eigenvalue weighted by atomic mass is 79.9. The van der Waals surface area contributed by atoms with Gasteiger partial charge in [-0.15, -0.1) is 0 Å². The standard InChI is InChI=1S/C9H8Br2N6O/c1-18-8-5(2-6(10)3-7(8)11)4-13-17-9(12)14-15-16-17/h2-4H,1H3,(H2,12,14,16)/b13-4+. The summed E-state index contributed by atoms with van der Waals surface area (Å²) in [5, 5.41) is 14.5. The maximum absolute atomic E-state index is 5.50. The number of hydrogen-bond donors (Lipinski definition) is 1. The molecule has 0 aliphatic heterocycles. The summed E-state index contributed by atoms with van der Waals surface area (Å²) in [6.07, 6.45) is 1.56. The molecule has 0 unspecified atom stereocenters. The van der Waals surface area contributed by atoms with E-state index < -0.39 is 0 Å². The van der Waals surface area contributed by atoms with Gasteiger partial charge in [-0.25, -0.2) is 0 Å². The zero-order chi connectivity index (χ0) is 13.1. The molecule has 2 N–H and O–H groups in total. The first kappa shape index (κ1) is 13.0. The molecule has 2 aromatic rings. The maximum Gasteiger partial charge on any atom is 0.263 e. The van der Waals surface area contributed by atoms with Crippen molar-refractivity contribution in [3.63, 3.8) is 0 Å². The number of halogens is 2. The van der Waals surface area contributed by atoms with E-state index in [0.717, 1.165) is 19.3 Å². The molecule has 0 amide bonds. The van der Waals surface area contributed by atoms with Crippen LogP contribution in [0.2, 0.25) is 0 Å². The van der Waals surface area contributed by atoms with Crippen molar-refractivity contribution in [3.05, 3.63) is 26.6 Å². The topological polar surface area (TPSA) is 91.2 Å². The van der Waals surface area contributed by atoms with Crippen LogP contribution in [0.1, 0.15) is 5.56 Å². The summed E-state index contributed by atoms with van der Waals surface area (Å²) in [5.41, 5.74) is 6.26. The third kappa shape index (κ3) is 2.67. The molecular weight excluding hydrogens is 368 g/mol. The van der Waals surface area contributed by atoms with Crippen LogP contribution in [0, 0.1) is 0 Å². The van der Waals surface area contributed by atoms with E-state index in [1.165, 1.54) is 0 Å². The van der Waals surface area contributed by atoms with Crippen LogP contribution >= 0.6 is 31.9 Å². The Morgan fingerprint density at radius 2 is 2.22 bits per heavy atom. The van der Waals surface area contributed by atoms with Gasteiger partial charge in [-0.2, -0.15) is 5.10 Å². The first-order valence-electron chi connectivity index (χ1n) is 4.73. The minimum absolute atomic E-state index is 0.110. The summed E-state index contributed by atoms with van der Waals surface area (Å²) in [6.45, 7) is 0. The Morgan fingerprint density at radius 3 is 2.83 bits per heavy atom. The predicted molar refractivity (Wildman–Crippen MR) is 73.6 cm³/mol. The maximum atomic E-state index is 5.50. The van der Waals surface area contributed by atoms with Crippen molar-refractivity contribution in [2.24, 2.45) is 5.10 Å². The van der Waals surface area contributed by atoms with E-state index >= 15 is 0 Å².